The van der Waals surface area contributed by atoms with Gasteiger partial charge >= 0.3 is 0 Å². The molecule has 16 heavy (non-hydrogen) atoms. The van der Waals surface area contributed by atoms with Crippen molar-refractivity contribution in [3.8, 4) is 0 Å². The van der Waals surface area contributed by atoms with E-state index < -0.39 is 0 Å². The zero-order valence-electron chi connectivity index (χ0n) is 10.9. The second kappa shape index (κ2) is 7.65. The van der Waals surface area contributed by atoms with Crippen molar-refractivity contribution in [1.29, 1.82) is 0 Å². The van der Waals surface area contributed by atoms with Crippen molar-refractivity contribution >= 4 is 5.78 Å². The molecular formula is C15H26O. The minimum Gasteiger partial charge on any atom is -0.295 e. The van der Waals surface area contributed by atoms with Crippen molar-refractivity contribution in [2.45, 2.75) is 71.6 Å². The lowest BCUT2D eigenvalue weighted by Gasteiger charge is -2.19. The Morgan fingerprint density at radius 1 is 1.19 bits per heavy atom. The predicted octanol–water partition coefficient (Wildman–Crippen LogP) is 4.66. The van der Waals surface area contributed by atoms with E-state index in [4.69, 9.17) is 0 Å². The number of carbonyl (C=O) groups excluding carboxylic acids is 1. The van der Waals surface area contributed by atoms with Crippen molar-refractivity contribution in [2.75, 3.05) is 0 Å². The number of unbranched alkanes of at least 4 members (excludes halogenated alkanes) is 2. The van der Waals surface area contributed by atoms with Gasteiger partial charge in [-0.2, -0.15) is 0 Å². The van der Waals surface area contributed by atoms with E-state index in [9.17, 15) is 4.79 Å². The molecule has 0 radical (unpaired) electrons. The molecule has 1 aliphatic rings. The summed E-state index contributed by atoms with van der Waals surface area (Å²) in [6, 6.07) is 0. The van der Waals surface area contributed by atoms with Crippen LogP contribution in [0.3, 0.4) is 0 Å². The summed E-state index contributed by atoms with van der Waals surface area (Å²) in [4.78, 5) is 11.5. The number of Topliss-reactive ketones (excluding diaryl/α,β-unsaturated/α-hetero) is 1. The van der Waals surface area contributed by atoms with Crippen molar-refractivity contribution in [3.63, 3.8) is 0 Å². The highest BCUT2D eigenvalue weighted by Gasteiger charge is 2.13. The van der Waals surface area contributed by atoms with E-state index >= 15 is 0 Å². The predicted molar refractivity (Wildman–Crippen MR) is 69.5 cm³/mol. The summed E-state index contributed by atoms with van der Waals surface area (Å²) in [6.45, 7) is 3.93. The first-order valence-corrected chi connectivity index (χ1v) is 6.95. The second-order valence-electron chi connectivity index (χ2n) is 5.10. The molecule has 0 saturated heterocycles. The molecule has 0 N–H and O–H groups in total. The molecule has 0 bridgehead atoms. The van der Waals surface area contributed by atoms with Gasteiger partial charge < -0.3 is 0 Å². The van der Waals surface area contributed by atoms with E-state index in [1.165, 1.54) is 51.4 Å². The molecule has 0 aromatic carbocycles. The Balaban J connectivity index is 2.46. The Kier molecular flexibility index (Phi) is 6.44. The highest BCUT2D eigenvalue weighted by atomic mass is 16.1. The van der Waals surface area contributed by atoms with E-state index in [2.05, 4.69) is 13.0 Å². The molecule has 0 atom stereocenters. The van der Waals surface area contributed by atoms with Crippen LogP contribution in [0.25, 0.3) is 0 Å². The Hall–Kier alpha value is -0.590. The van der Waals surface area contributed by atoms with Gasteiger partial charge in [0.1, 0.15) is 0 Å². The van der Waals surface area contributed by atoms with Crippen LogP contribution in [-0.4, -0.2) is 5.78 Å². The van der Waals surface area contributed by atoms with E-state index in [1.807, 2.05) is 0 Å². The summed E-state index contributed by atoms with van der Waals surface area (Å²) in [6.07, 6.45) is 13.6. The lowest BCUT2D eigenvalue weighted by Crippen LogP contribution is -2.07. The van der Waals surface area contributed by atoms with Crippen LogP contribution in [0, 0.1) is 5.92 Å². The van der Waals surface area contributed by atoms with Crippen LogP contribution in [-0.2, 0) is 4.79 Å². The molecule has 0 amide bonds. The summed E-state index contributed by atoms with van der Waals surface area (Å²) >= 11 is 0. The summed E-state index contributed by atoms with van der Waals surface area (Å²) in [5.41, 5.74) is 1.10. The van der Waals surface area contributed by atoms with Gasteiger partial charge in [-0.25, -0.2) is 0 Å². The van der Waals surface area contributed by atoms with Gasteiger partial charge in [0.25, 0.3) is 0 Å². The van der Waals surface area contributed by atoms with Crippen LogP contribution in [0.4, 0.5) is 0 Å². The summed E-state index contributed by atoms with van der Waals surface area (Å²) in [7, 11) is 0. The first kappa shape index (κ1) is 13.5. The number of carbonyl (C=O) groups is 1. The Bertz CT molecular complexity index is 234. The van der Waals surface area contributed by atoms with Gasteiger partial charge in [0.15, 0.2) is 5.78 Å². The van der Waals surface area contributed by atoms with Crippen molar-refractivity contribution < 1.29 is 4.79 Å². The topological polar surface area (TPSA) is 17.1 Å². The Labute approximate surface area is 100 Å². The lowest BCUT2D eigenvalue weighted by atomic mass is 9.86. The SMILES string of the molecule is CCCCC/C(=C\C1CCCCC1)C(C)=O. The first-order chi connectivity index (χ1) is 7.74. The fourth-order valence-electron chi connectivity index (χ4n) is 2.53. The van der Waals surface area contributed by atoms with Gasteiger partial charge in [-0.15, -0.1) is 0 Å². The molecule has 0 aromatic heterocycles. The maximum absolute atomic E-state index is 11.5. The highest BCUT2D eigenvalue weighted by Crippen LogP contribution is 2.26. The minimum atomic E-state index is 0.293. The zero-order valence-corrected chi connectivity index (χ0v) is 10.9. The molecule has 1 nitrogen and oxygen atoms in total. The standard InChI is InChI=1S/C15H26O/c1-3-4-6-11-15(13(2)16)12-14-9-7-5-8-10-14/h12,14H,3-11H2,1-2H3/b15-12+. The average molecular weight is 222 g/mol. The molecule has 0 aliphatic heterocycles. The molecule has 1 rings (SSSR count). The molecular weight excluding hydrogens is 196 g/mol. The number of hydrogen-bond acceptors (Lipinski definition) is 1. The molecule has 0 aromatic rings. The van der Waals surface area contributed by atoms with Crippen LogP contribution < -0.4 is 0 Å². The molecule has 1 aliphatic carbocycles. The van der Waals surface area contributed by atoms with Crippen LogP contribution in [0.15, 0.2) is 11.6 Å². The highest BCUT2D eigenvalue weighted by molar-refractivity contribution is 5.93. The van der Waals surface area contributed by atoms with Crippen molar-refractivity contribution in [3.05, 3.63) is 11.6 Å². The summed E-state index contributed by atoms with van der Waals surface area (Å²) in [5, 5.41) is 0. The van der Waals surface area contributed by atoms with Gasteiger partial charge in [-0.3, -0.25) is 4.79 Å². The van der Waals surface area contributed by atoms with E-state index in [0.717, 1.165) is 12.0 Å². The smallest absolute Gasteiger partial charge is 0.155 e. The lowest BCUT2D eigenvalue weighted by molar-refractivity contribution is -0.113. The monoisotopic (exact) mass is 222 g/mol. The van der Waals surface area contributed by atoms with Crippen LogP contribution in [0.1, 0.15) is 71.6 Å². The quantitative estimate of drug-likeness (QED) is 0.472. The molecule has 1 fully saturated rings. The third kappa shape index (κ3) is 4.96. The fourth-order valence-corrected chi connectivity index (χ4v) is 2.53. The fraction of sp³-hybridized carbons (Fsp3) is 0.800. The third-order valence-electron chi connectivity index (χ3n) is 3.59. The zero-order chi connectivity index (χ0) is 11.8. The minimum absolute atomic E-state index is 0.293. The van der Waals surface area contributed by atoms with Crippen LogP contribution >= 0.6 is 0 Å². The van der Waals surface area contributed by atoms with Gasteiger partial charge in [-0.05, 0) is 44.1 Å². The summed E-state index contributed by atoms with van der Waals surface area (Å²) in [5.74, 6) is 0.982. The maximum Gasteiger partial charge on any atom is 0.155 e. The number of hydrogen-bond donors (Lipinski definition) is 0. The molecule has 0 spiro atoms. The maximum atomic E-state index is 11.5. The van der Waals surface area contributed by atoms with Gasteiger partial charge in [0, 0.05) is 0 Å². The van der Waals surface area contributed by atoms with E-state index in [1.54, 1.807) is 6.92 Å². The van der Waals surface area contributed by atoms with Crippen LogP contribution in [0.5, 0.6) is 0 Å². The van der Waals surface area contributed by atoms with Crippen molar-refractivity contribution in [2.24, 2.45) is 5.92 Å². The third-order valence-corrected chi connectivity index (χ3v) is 3.59. The molecule has 0 unspecified atom stereocenters. The van der Waals surface area contributed by atoms with E-state index in [0.29, 0.717) is 11.7 Å². The number of allylic oxidation sites excluding steroid dienone is 2. The van der Waals surface area contributed by atoms with Crippen molar-refractivity contribution in [1.82, 2.24) is 0 Å². The Morgan fingerprint density at radius 2 is 1.88 bits per heavy atom. The molecule has 92 valence electrons. The van der Waals surface area contributed by atoms with Gasteiger partial charge in [0.2, 0.25) is 0 Å². The van der Waals surface area contributed by atoms with E-state index in [-0.39, 0.29) is 0 Å². The largest absolute Gasteiger partial charge is 0.295 e. The second-order valence-corrected chi connectivity index (χ2v) is 5.10. The van der Waals surface area contributed by atoms with Crippen LogP contribution in [0.2, 0.25) is 0 Å². The molecule has 1 saturated carbocycles. The normalized spacial score (nSPS) is 18.8. The first-order valence-electron chi connectivity index (χ1n) is 6.95. The average Bonchev–Trinajstić information content (AvgIpc) is 2.29. The molecule has 0 heterocycles. The number of ketones is 1. The summed E-state index contributed by atoms with van der Waals surface area (Å²) < 4.78 is 0. The Morgan fingerprint density at radius 3 is 2.44 bits per heavy atom. The van der Waals surface area contributed by atoms with Gasteiger partial charge in [0.05, 0.1) is 0 Å². The van der Waals surface area contributed by atoms with Gasteiger partial charge in [-0.1, -0.05) is 45.1 Å². The molecule has 1 heteroatoms. The number of rotatable bonds is 6.